The number of halogens is 3. The molecule has 0 bridgehead atoms. The van der Waals surface area contributed by atoms with Crippen LogP contribution in [0.4, 0.5) is 13.2 Å². The van der Waals surface area contributed by atoms with E-state index in [2.05, 4.69) is 6.92 Å². The van der Waals surface area contributed by atoms with Gasteiger partial charge >= 0.3 is 6.18 Å². The highest BCUT2D eigenvalue weighted by Gasteiger charge is 2.29. The first-order valence-corrected chi connectivity index (χ1v) is 6.98. The van der Waals surface area contributed by atoms with Crippen molar-refractivity contribution in [3.8, 4) is 0 Å². The molecule has 0 aliphatic rings. The van der Waals surface area contributed by atoms with Gasteiger partial charge in [-0.15, -0.1) is 0 Å². The Bertz CT molecular complexity index is 184. The van der Waals surface area contributed by atoms with Gasteiger partial charge in [0.25, 0.3) is 0 Å². The first-order chi connectivity index (χ1) is 8.49. The average molecular weight is 268 g/mol. The first kappa shape index (κ1) is 17.7. The molecular weight excluding hydrogens is 241 g/mol. The van der Waals surface area contributed by atoms with Gasteiger partial charge in [-0.1, -0.05) is 45.4 Å². The minimum atomic E-state index is -4.11. The smallest absolute Gasteiger partial charge is 0.329 e. The number of alkyl halides is 3. The quantitative estimate of drug-likeness (QED) is 0.581. The lowest BCUT2D eigenvalue weighted by atomic mass is 10.1. The molecule has 0 aromatic rings. The van der Waals surface area contributed by atoms with Gasteiger partial charge in [-0.3, -0.25) is 4.90 Å². The highest BCUT2D eigenvalue weighted by Crippen LogP contribution is 2.17. The predicted molar refractivity (Wildman–Crippen MR) is 69.5 cm³/mol. The molecule has 18 heavy (non-hydrogen) atoms. The molecule has 0 aromatic heterocycles. The van der Waals surface area contributed by atoms with Crippen LogP contribution in [0.5, 0.6) is 0 Å². The lowest BCUT2D eigenvalue weighted by Gasteiger charge is -2.22. The first-order valence-electron chi connectivity index (χ1n) is 6.98. The zero-order valence-electron chi connectivity index (χ0n) is 11.4. The van der Waals surface area contributed by atoms with Crippen molar-refractivity contribution in [1.29, 1.82) is 0 Å². The van der Waals surface area contributed by atoms with Crippen LogP contribution in [0.25, 0.3) is 0 Å². The number of nitrogens with two attached hydrogens (primary N) is 1. The molecule has 2 nitrogen and oxygen atoms in total. The van der Waals surface area contributed by atoms with E-state index in [1.165, 1.54) is 30.6 Å². The van der Waals surface area contributed by atoms with Crippen molar-refractivity contribution in [2.24, 2.45) is 5.73 Å². The SMILES string of the molecule is CCCCCCCCCN(CCN)CC(F)(F)F. The lowest BCUT2D eigenvalue weighted by molar-refractivity contribution is -0.145. The van der Waals surface area contributed by atoms with Crippen LogP contribution in [0.15, 0.2) is 0 Å². The van der Waals surface area contributed by atoms with Crippen LogP contribution in [0.1, 0.15) is 51.9 Å². The fraction of sp³-hybridized carbons (Fsp3) is 1.00. The summed E-state index contributed by atoms with van der Waals surface area (Å²) < 4.78 is 36.8. The molecule has 2 N–H and O–H groups in total. The van der Waals surface area contributed by atoms with Crippen LogP contribution in [0, 0.1) is 0 Å². The summed E-state index contributed by atoms with van der Waals surface area (Å²) in [6, 6.07) is 0. The van der Waals surface area contributed by atoms with Crippen molar-refractivity contribution in [2.45, 2.75) is 58.0 Å². The van der Waals surface area contributed by atoms with Crippen molar-refractivity contribution >= 4 is 0 Å². The Kier molecular flexibility index (Phi) is 10.4. The fourth-order valence-corrected chi connectivity index (χ4v) is 2.00. The normalized spacial score (nSPS) is 12.3. The van der Waals surface area contributed by atoms with E-state index in [0.29, 0.717) is 13.1 Å². The number of hydrogen-bond donors (Lipinski definition) is 1. The third-order valence-corrected chi connectivity index (χ3v) is 2.93. The molecule has 0 rings (SSSR count). The standard InChI is InChI=1S/C13H27F3N2/c1-2-3-4-5-6-7-8-10-18(11-9-17)12-13(14,15)16/h2-12,17H2,1H3. The molecule has 0 aliphatic carbocycles. The van der Waals surface area contributed by atoms with Crippen LogP contribution in [0.2, 0.25) is 0 Å². The molecule has 0 aliphatic heterocycles. The summed E-state index contributed by atoms with van der Waals surface area (Å²) in [6.07, 6.45) is 3.78. The molecule has 0 radical (unpaired) electrons. The summed E-state index contributed by atoms with van der Waals surface area (Å²) >= 11 is 0. The summed E-state index contributed by atoms with van der Waals surface area (Å²) in [5, 5.41) is 0. The minimum absolute atomic E-state index is 0.284. The maximum atomic E-state index is 12.3. The second-order valence-corrected chi connectivity index (χ2v) is 4.80. The van der Waals surface area contributed by atoms with E-state index < -0.39 is 12.7 Å². The van der Waals surface area contributed by atoms with Crippen molar-refractivity contribution in [3.63, 3.8) is 0 Å². The maximum absolute atomic E-state index is 12.3. The molecule has 0 atom stereocenters. The topological polar surface area (TPSA) is 29.3 Å². The van der Waals surface area contributed by atoms with E-state index in [0.717, 1.165) is 19.3 Å². The van der Waals surface area contributed by atoms with Gasteiger partial charge in [0.05, 0.1) is 6.54 Å². The van der Waals surface area contributed by atoms with Crippen LogP contribution < -0.4 is 5.73 Å². The summed E-state index contributed by atoms with van der Waals surface area (Å²) in [4.78, 5) is 1.41. The summed E-state index contributed by atoms with van der Waals surface area (Å²) in [5.74, 6) is 0. The zero-order chi connectivity index (χ0) is 13.9. The molecule has 0 saturated heterocycles. The Hall–Kier alpha value is -0.290. The molecule has 0 fully saturated rings. The molecule has 0 amide bonds. The highest BCUT2D eigenvalue weighted by atomic mass is 19.4. The van der Waals surface area contributed by atoms with Gasteiger partial charge in [0.15, 0.2) is 0 Å². The zero-order valence-corrected chi connectivity index (χ0v) is 11.4. The van der Waals surface area contributed by atoms with Crippen molar-refractivity contribution in [1.82, 2.24) is 4.90 Å². The molecule has 0 unspecified atom stereocenters. The average Bonchev–Trinajstić information content (AvgIpc) is 2.26. The number of hydrogen-bond acceptors (Lipinski definition) is 2. The molecule has 0 aromatic carbocycles. The Morgan fingerprint density at radius 1 is 0.889 bits per heavy atom. The van der Waals surface area contributed by atoms with Gasteiger partial charge in [0.1, 0.15) is 0 Å². The molecule has 0 saturated carbocycles. The fourth-order valence-electron chi connectivity index (χ4n) is 2.00. The summed E-state index contributed by atoms with van der Waals surface area (Å²) in [6.45, 7) is 2.45. The Morgan fingerprint density at radius 3 is 1.94 bits per heavy atom. The molecule has 0 heterocycles. The molecular formula is C13H27F3N2. The van der Waals surface area contributed by atoms with Crippen molar-refractivity contribution in [3.05, 3.63) is 0 Å². The molecule has 110 valence electrons. The highest BCUT2D eigenvalue weighted by molar-refractivity contribution is 4.64. The van der Waals surface area contributed by atoms with Crippen LogP contribution in [-0.4, -0.2) is 37.3 Å². The van der Waals surface area contributed by atoms with Crippen LogP contribution >= 0.6 is 0 Å². The number of nitrogens with zero attached hydrogens (tertiary/aromatic N) is 1. The maximum Gasteiger partial charge on any atom is 0.401 e. The second kappa shape index (κ2) is 10.6. The van der Waals surface area contributed by atoms with Gasteiger partial charge in [-0.05, 0) is 13.0 Å². The van der Waals surface area contributed by atoms with Crippen LogP contribution in [0.3, 0.4) is 0 Å². The largest absolute Gasteiger partial charge is 0.401 e. The van der Waals surface area contributed by atoms with Gasteiger partial charge in [-0.2, -0.15) is 13.2 Å². The van der Waals surface area contributed by atoms with Crippen molar-refractivity contribution < 1.29 is 13.2 Å². The second-order valence-electron chi connectivity index (χ2n) is 4.80. The van der Waals surface area contributed by atoms with Gasteiger partial charge in [0.2, 0.25) is 0 Å². The van der Waals surface area contributed by atoms with E-state index >= 15 is 0 Å². The number of unbranched alkanes of at least 4 members (excludes halogenated alkanes) is 6. The third-order valence-electron chi connectivity index (χ3n) is 2.93. The third kappa shape index (κ3) is 12.2. The van der Waals surface area contributed by atoms with Crippen LogP contribution in [-0.2, 0) is 0 Å². The molecule has 0 spiro atoms. The Labute approximate surface area is 109 Å². The van der Waals surface area contributed by atoms with E-state index in [9.17, 15) is 13.2 Å². The summed E-state index contributed by atoms with van der Waals surface area (Å²) in [7, 11) is 0. The van der Waals surface area contributed by atoms with E-state index in [-0.39, 0.29) is 6.54 Å². The minimum Gasteiger partial charge on any atom is -0.329 e. The Morgan fingerprint density at radius 2 is 1.44 bits per heavy atom. The monoisotopic (exact) mass is 268 g/mol. The van der Waals surface area contributed by atoms with Gasteiger partial charge < -0.3 is 5.73 Å². The lowest BCUT2D eigenvalue weighted by Crippen LogP contribution is -2.38. The van der Waals surface area contributed by atoms with Gasteiger partial charge in [0, 0.05) is 13.1 Å². The summed E-state index contributed by atoms with van der Waals surface area (Å²) in [5.41, 5.74) is 5.32. The van der Waals surface area contributed by atoms with E-state index in [1.807, 2.05) is 0 Å². The van der Waals surface area contributed by atoms with Gasteiger partial charge in [-0.25, -0.2) is 0 Å². The van der Waals surface area contributed by atoms with Crippen molar-refractivity contribution in [2.75, 3.05) is 26.2 Å². The van der Waals surface area contributed by atoms with E-state index in [4.69, 9.17) is 5.73 Å². The number of rotatable bonds is 11. The molecule has 5 heteroatoms. The predicted octanol–water partition coefficient (Wildman–Crippen LogP) is 3.56. The van der Waals surface area contributed by atoms with E-state index in [1.54, 1.807) is 0 Å². The Balaban J connectivity index is 3.58.